The predicted molar refractivity (Wildman–Crippen MR) is 63.4 cm³/mol. The quantitative estimate of drug-likeness (QED) is 0.783. The number of nitrogens with zero attached hydrogens (tertiary/aromatic N) is 2. The van der Waals surface area contributed by atoms with Crippen molar-refractivity contribution in [3.8, 4) is 0 Å². The maximum absolute atomic E-state index is 8.70. The highest BCUT2D eigenvalue weighted by Crippen LogP contribution is 2.08. The number of rotatable bonds is 4. The standard InChI is InChI=1S/C9H15N3O.C2H6/c1-12(5-6-13)7-8-3-2-4-11-9(8)10;1-2/h2-4,13H,5-7H2,1H3,(H2,10,11);1-2H3. The molecular weight excluding hydrogens is 190 g/mol. The topological polar surface area (TPSA) is 62.4 Å². The molecule has 0 bridgehead atoms. The van der Waals surface area contributed by atoms with Gasteiger partial charge in [0.2, 0.25) is 0 Å². The lowest BCUT2D eigenvalue weighted by atomic mass is 10.2. The Morgan fingerprint density at radius 2 is 2.13 bits per heavy atom. The Balaban J connectivity index is 0.000000921. The summed E-state index contributed by atoms with van der Waals surface area (Å²) in [6.07, 6.45) is 1.67. The number of hydrogen-bond acceptors (Lipinski definition) is 4. The molecule has 0 atom stereocenters. The van der Waals surface area contributed by atoms with Crippen LogP contribution >= 0.6 is 0 Å². The van der Waals surface area contributed by atoms with Crippen molar-refractivity contribution in [3.05, 3.63) is 23.9 Å². The van der Waals surface area contributed by atoms with Crippen LogP contribution in [-0.4, -0.2) is 35.2 Å². The molecule has 0 radical (unpaired) electrons. The molecule has 1 heterocycles. The molecule has 0 aromatic carbocycles. The van der Waals surface area contributed by atoms with Crippen LogP contribution in [-0.2, 0) is 6.54 Å². The minimum Gasteiger partial charge on any atom is -0.395 e. The van der Waals surface area contributed by atoms with E-state index in [1.807, 2.05) is 37.9 Å². The Hall–Kier alpha value is -1.13. The lowest BCUT2D eigenvalue weighted by molar-refractivity contribution is 0.217. The zero-order valence-electron chi connectivity index (χ0n) is 9.77. The van der Waals surface area contributed by atoms with Gasteiger partial charge in [-0.3, -0.25) is 4.90 Å². The molecule has 0 saturated heterocycles. The molecule has 4 nitrogen and oxygen atoms in total. The first kappa shape index (κ1) is 13.9. The summed E-state index contributed by atoms with van der Waals surface area (Å²) in [5.74, 6) is 0.562. The summed E-state index contributed by atoms with van der Waals surface area (Å²) >= 11 is 0. The number of anilines is 1. The number of hydrogen-bond donors (Lipinski definition) is 2. The summed E-state index contributed by atoms with van der Waals surface area (Å²) in [6, 6.07) is 3.80. The molecule has 4 heteroatoms. The first-order chi connectivity index (χ1) is 7.24. The monoisotopic (exact) mass is 211 g/mol. The second-order valence-electron chi connectivity index (χ2n) is 3.01. The van der Waals surface area contributed by atoms with E-state index in [0.717, 1.165) is 12.1 Å². The van der Waals surface area contributed by atoms with Crippen molar-refractivity contribution >= 4 is 5.82 Å². The van der Waals surface area contributed by atoms with Gasteiger partial charge in [0, 0.05) is 24.8 Å². The molecule has 0 aliphatic rings. The number of aliphatic hydroxyl groups is 1. The summed E-state index contributed by atoms with van der Waals surface area (Å²) < 4.78 is 0. The molecule has 3 N–H and O–H groups in total. The molecule has 86 valence electrons. The molecule has 0 aliphatic heterocycles. The van der Waals surface area contributed by atoms with Gasteiger partial charge in [0.05, 0.1) is 6.61 Å². The zero-order chi connectivity index (χ0) is 11.7. The second kappa shape index (κ2) is 8.20. The van der Waals surface area contributed by atoms with Crippen molar-refractivity contribution in [2.75, 3.05) is 25.9 Å². The van der Waals surface area contributed by atoms with Crippen molar-refractivity contribution in [1.29, 1.82) is 0 Å². The molecule has 15 heavy (non-hydrogen) atoms. The Morgan fingerprint density at radius 1 is 1.47 bits per heavy atom. The average molecular weight is 211 g/mol. The number of pyridine rings is 1. The number of nitrogens with two attached hydrogens (primary N) is 1. The van der Waals surface area contributed by atoms with Gasteiger partial charge in [0.1, 0.15) is 5.82 Å². The highest BCUT2D eigenvalue weighted by molar-refractivity contribution is 5.38. The first-order valence-corrected chi connectivity index (χ1v) is 5.23. The highest BCUT2D eigenvalue weighted by Gasteiger charge is 2.02. The summed E-state index contributed by atoms with van der Waals surface area (Å²) in [5.41, 5.74) is 6.66. The van der Waals surface area contributed by atoms with Gasteiger partial charge in [0.25, 0.3) is 0 Å². The molecule has 1 aromatic rings. The van der Waals surface area contributed by atoms with Crippen molar-refractivity contribution in [3.63, 3.8) is 0 Å². The van der Waals surface area contributed by atoms with Gasteiger partial charge < -0.3 is 10.8 Å². The number of aliphatic hydroxyl groups excluding tert-OH is 1. The van der Waals surface area contributed by atoms with Gasteiger partial charge in [-0.1, -0.05) is 19.9 Å². The average Bonchev–Trinajstić information content (AvgIpc) is 2.25. The Labute approximate surface area is 91.7 Å². The summed E-state index contributed by atoms with van der Waals surface area (Å²) in [4.78, 5) is 5.97. The van der Waals surface area contributed by atoms with Crippen LogP contribution in [0.25, 0.3) is 0 Å². The lowest BCUT2D eigenvalue weighted by Crippen LogP contribution is -2.22. The number of nitrogen functional groups attached to an aromatic ring is 1. The third-order valence-electron chi connectivity index (χ3n) is 1.85. The maximum Gasteiger partial charge on any atom is 0.127 e. The third-order valence-corrected chi connectivity index (χ3v) is 1.85. The van der Waals surface area contributed by atoms with E-state index in [0.29, 0.717) is 12.4 Å². The molecule has 0 unspecified atom stereocenters. The third kappa shape index (κ3) is 5.34. The van der Waals surface area contributed by atoms with Crippen LogP contribution in [0.15, 0.2) is 18.3 Å². The highest BCUT2D eigenvalue weighted by atomic mass is 16.3. The molecule has 0 spiro atoms. The Bertz CT molecular complexity index is 266. The van der Waals surface area contributed by atoms with Crippen molar-refractivity contribution < 1.29 is 5.11 Å². The van der Waals surface area contributed by atoms with Crippen molar-refractivity contribution in [1.82, 2.24) is 9.88 Å². The van der Waals surface area contributed by atoms with Crippen LogP contribution in [0.1, 0.15) is 19.4 Å². The van der Waals surface area contributed by atoms with Gasteiger partial charge in [-0.25, -0.2) is 4.98 Å². The van der Waals surface area contributed by atoms with Crippen LogP contribution in [0.3, 0.4) is 0 Å². The van der Waals surface area contributed by atoms with Gasteiger partial charge in [-0.15, -0.1) is 0 Å². The fraction of sp³-hybridized carbons (Fsp3) is 0.545. The van der Waals surface area contributed by atoms with E-state index < -0.39 is 0 Å². The van der Waals surface area contributed by atoms with Crippen LogP contribution in [0, 0.1) is 0 Å². The molecule has 0 amide bonds. The number of aromatic nitrogens is 1. The van der Waals surface area contributed by atoms with Crippen LogP contribution in [0.2, 0.25) is 0 Å². The van der Waals surface area contributed by atoms with E-state index in [9.17, 15) is 0 Å². The Morgan fingerprint density at radius 3 is 2.67 bits per heavy atom. The Kier molecular flexibility index (Phi) is 7.58. The molecule has 0 saturated carbocycles. The van der Waals surface area contributed by atoms with E-state index in [1.165, 1.54) is 0 Å². The molecular formula is C11H21N3O. The van der Waals surface area contributed by atoms with Crippen molar-refractivity contribution in [2.24, 2.45) is 0 Å². The minimum absolute atomic E-state index is 0.163. The largest absolute Gasteiger partial charge is 0.395 e. The van der Waals surface area contributed by atoms with E-state index in [4.69, 9.17) is 10.8 Å². The van der Waals surface area contributed by atoms with E-state index in [2.05, 4.69) is 4.98 Å². The van der Waals surface area contributed by atoms with Crippen LogP contribution < -0.4 is 5.73 Å². The zero-order valence-corrected chi connectivity index (χ0v) is 9.77. The van der Waals surface area contributed by atoms with Gasteiger partial charge >= 0.3 is 0 Å². The first-order valence-electron chi connectivity index (χ1n) is 5.23. The summed E-state index contributed by atoms with van der Waals surface area (Å²) in [5, 5.41) is 8.70. The van der Waals surface area contributed by atoms with E-state index >= 15 is 0 Å². The van der Waals surface area contributed by atoms with Gasteiger partial charge in [-0.2, -0.15) is 0 Å². The minimum atomic E-state index is 0.163. The SMILES string of the molecule is CC.CN(CCO)Cc1cccnc1N. The fourth-order valence-electron chi connectivity index (χ4n) is 1.13. The van der Waals surface area contributed by atoms with Crippen LogP contribution in [0.5, 0.6) is 0 Å². The number of likely N-dealkylation sites (N-methyl/N-ethyl adjacent to an activating group) is 1. The maximum atomic E-state index is 8.70. The van der Waals surface area contributed by atoms with E-state index in [1.54, 1.807) is 6.20 Å². The van der Waals surface area contributed by atoms with Gasteiger partial charge in [0.15, 0.2) is 0 Å². The molecule has 1 aromatic heterocycles. The predicted octanol–water partition coefficient (Wildman–Crippen LogP) is 1.11. The molecule has 0 aliphatic carbocycles. The normalized spacial score (nSPS) is 9.67. The fourth-order valence-corrected chi connectivity index (χ4v) is 1.13. The lowest BCUT2D eigenvalue weighted by Gasteiger charge is -2.15. The van der Waals surface area contributed by atoms with E-state index in [-0.39, 0.29) is 6.61 Å². The van der Waals surface area contributed by atoms with Crippen LogP contribution in [0.4, 0.5) is 5.82 Å². The van der Waals surface area contributed by atoms with Gasteiger partial charge in [-0.05, 0) is 13.1 Å². The molecule has 1 rings (SSSR count). The smallest absolute Gasteiger partial charge is 0.127 e. The summed E-state index contributed by atoms with van der Waals surface area (Å²) in [7, 11) is 1.93. The van der Waals surface area contributed by atoms with Crippen molar-refractivity contribution in [2.45, 2.75) is 20.4 Å². The summed E-state index contributed by atoms with van der Waals surface area (Å²) in [6.45, 7) is 5.53. The second-order valence-corrected chi connectivity index (χ2v) is 3.01. The molecule has 0 fully saturated rings.